The average Bonchev–Trinajstić information content (AvgIpc) is 2.35. The zero-order valence-electron chi connectivity index (χ0n) is 12.3. The molecule has 0 saturated carbocycles. The van der Waals surface area contributed by atoms with Crippen molar-refractivity contribution < 1.29 is 9.84 Å². The quantitative estimate of drug-likeness (QED) is 0.825. The van der Waals surface area contributed by atoms with Crippen molar-refractivity contribution in [1.29, 1.82) is 0 Å². The van der Waals surface area contributed by atoms with Crippen LogP contribution in [0.25, 0.3) is 0 Å². The molecule has 0 fully saturated rings. The normalized spacial score (nSPS) is 11.9. The van der Waals surface area contributed by atoms with E-state index in [9.17, 15) is 5.11 Å². The lowest BCUT2D eigenvalue weighted by molar-refractivity contribution is -0.0113. The molecule has 0 spiro atoms. The molecule has 0 aliphatic carbocycles. The summed E-state index contributed by atoms with van der Waals surface area (Å²) in [6.45, 7) is 10.8. The summed E-state index contributed by atoms with van der Waals surface area (Å²) in [6, 6.07) is 6.17. The molecule has 1 aromatic rings. The Morgan fingerprint density at radius 3 is 2.28 bits per heavy atom. The van der Waals surface area contributed by atoms with Gasteiger partial charge in [0.2, 0.25) is 0 Å². The summed E-state index contributed by atoms with van der Waals surface area (Å²) < 4.78 is 5.72. The molecule has 1 N–H and O–H groups in total. The van der Waals surface area contributed by atoms with E-state index in [4.69, 9.17) is 4.74 Å². The second kappa shape index (κ2) is 6.24. The Hall–Kier alpha value is -1.02. The van der Waals surface area contributed by atoms with E-state index in [-0.39, 0.29) is 0 Å². The molecule has 0 amide bonds. The Labute approximate surface area is 111 Å². The van der Waals surface area contributed by atoms with Crippen LogP contribution in [-0.4, -0.2) is 17.3 Å². The standard InChI is InChI=1S/C16H26O2/c1-6-16(17,7-2)11-18-14-8-9-15(12(3)4)13(5)10-14/h8-10,12,17H,6-7,11H2,1-5H3. The monoisotopic (exact) mass is 250 g/mol. The minimum atomic E-state index is -0.704. The van der Waals surface area contributed by atoms with Crippen molar-refractivity contribution >= 4 is 0 Å². The van der Waals surface area contributed by atoms with Crippen LogP contribution in [0.2, 0.25) is 0 Å². The molecule has 2 heteroatoms. The first-order valence-corrected chi connectivity index (χ1v) is 6.87. The molecule has 1 rings (SSSR count). The Morgan fingerprint density at radius 2 is 1.83 bits per heavy atom. The van der Waals surface area contributed by atoms with Crippen LogP contribution in [0, 0.1) is 6.92 Å². The van der Waals surface area contributed by atoms with Gasteiger partial charge >= 0.3 is 0 Å². The number of hydrogen-bond donors (Lipinski definition) is 1. The maximum atomic E-state index is 10.2. The number of benzene rings is 1. The van der Waals surface area contributed by atoms with Gasteiger partial charge in [-0.15, -0.1) is 0 Å². The Morgan fingerprint density at radius 1 is 1.22 bits per heavy atom. The highest BCUT2D eigenvalue weighted by atomic mass is 16.5. The third-order valence-electron chi connectivity index (χ3n) is 3.69. The van der Waals surface area contributed by atoms with Crippen LogP contribution in [0.3, 0.4) is 0 Å². The molecule has 0 saturated heterocycles. The van der Waals surface area contributed by atoms with Crippen molar-refractivity contribution in [1.82, 2.24) is 0 Å². The van der Waals surface area contributed by atoms with Crippen LogP contribution in [0.4, 0.5) is 0 Å². The van der Waals surface area contributed by atoms with Crippen LogP contribution in [0.15, 0.2) is 18.2 Å². The van der Waals surface area contributed by atoms with Crippen LogP contribution < -0.4 is 4.74 Å². The Kier molecular flexibility index (Phi) is 5.21. The van der Waals surface area contributed by atoms with Gasteiger partial charge in [-0.1, -0.05) is 33.8 Å². The van der Waals surface area contributed by atoms with E-state index in [1.165, 1.54) is 11.1 Å². The SMILES string of the molecule is CCC(O)(CC)COc1ccc(C(C)C)c(C)c1. The molecular formula is C16H26O2. The van der Waals surface area contributed by atoms with Gasteiger partial charge in [0.1, 0.15) is 12.4 Å². The number of aryl methyl sites for hydroxylation is 1. The summed E-state index contributed by atoms with van der Waals surface area (Å²) in [5.41, 5.74) is 1.90. The van der Waals surface area contributed by atoms with Crippen LogP contribution >= 0.6 is 0 Å². The molecule has 18 heavy (non-hydrogen) atoms. The van der Waals surface area contributed by atoms with E-state index in [1.807, 2.05) is 19.9 Å². The third-order valence-corrected chi connectivity index (χ3v) is 3.69. The molecule has 0 aliphatic heterocycles. The third kappa shape index (κ3) is 3.74. The molecule has 1 aromatic carbocycles. The zero-order valence-corrected chi connectivity index (χ0v) is 12.3. The van der Waals surface area contributed by atoms with Gasteiger partial charge in [0.15, 0.2) is 0 Å². The molecule has 0 heterocycles. The lowest BCUT2D eigenvalue weighted by Crippen LogP contribution is -2.34. The van der Waals surface area contributed by atoms with E-state index in [2.05, 4.69) is 32.9 Å². The lowest BCUT2D eigenvalue weighted by atomic mass is 9.97. The number of ether oxygens (including phenoxy) is 1. The van der Waals surface area contributed by atoms with Crippen LogP contribution in [0.5, 0.6) is 5.75 Å². The van der Waals surface area contributed by atoms with Gasteiger partial charge in [0, 0.05) is 0 Å². The maximum absolute atomic E-state index is 10.2. The maximum Gasteiger partial charge on any atom is 0.119 e. The van der Waals surface area contributed by atoms with Gasteiger partial charge in [-0.25, -0.2) is 0 Å². The van der Waals surface area contributed by atoms with Crippen molar-refractivity contribution in [3.05, 3.63) is 29.3 Å². The first-order valence-electron chi connectivity index (χ1n) is 6.87. The highest BCUT2D eigenvalue weighted by Crippen LogP contribution is 2.24. The molecule has 0 aromatic heterocycles. The Balaban J connectivity index is 2.72. The predicted molar refractivity (Wildman–Crippen MR) is 76.3 cm³/mol. The first kappa shape index (κ1) is 15.0. The van der Waals surface area contributed by atoms with Gasteiger partial charge in [-0.05, 0) is 48.9 Å². The fourth-order valence-electron chi connectivity index (χ4n) is 2.06. The average molecular weight is 250 g/mol. The summed E-state index contributed by atoms with van der Waals surface area (Å²) in [6.07, 6.45) is 1.43. The molecule has 2 nitrogen and oxygen atoms in total. The topological polar surface area (TPSA) is 29.5 Å². The van der Waals surface area contributed by atoms with E-state index in [0.29, 0.717) is 25.4 Å². The fourth-order valence-corrected chi connectivity index (χ4v) is 2.06. The molecule has 0 atom stereocenters. The van der Waals surface area contributed by atoms with Crippen LogP contribution in [-0.2, 0) is 0 Å². The highest BCUT2D eigenvalue weighted by molar-refractivity contribution is 5.36. The second-order valence-corrected chi connectivity index (χ2v) is 5.39. The summed E-state index contributed by atoms with van der Waals surface area (Å²) >= 11 is 0. The minimum absolute atomic E-state index is 0.362. The van der Waals surface area contributed by atoms with Crippen molar-refractivity contribution in [2.24, 2.45) is 0 Å². The summed E-state index contributed by atoms with van der Waals surface area (Å²) in [7, 11) is 0. The van der Waals surface area contributed by atoms with E-state index in [1.54, 1.807) is 0 Å². The van der Waals surface area contributed by atoms with Gasteiger partial charge in [0.25, 0.3) is 0 Å². The van der Waals surface area contributed by atoms with Crippen molar-refractivity contribution in [3.63, 3.8) is 0 Å². The fraction of sp³-hybridized carbons (Fsp3) is 0.625. The number of hydrogen-bond acceptors (Lipinski definition) is 2. The zero-order chi connectivity index (χ0) is 13.8. The van der Waals surface area contributed by atoms with E-state index >= 15 is 0 Å². The molecule has 0 aliphatic rings. The largest absolute Gasteiger partial charge is 0.491 e. The van der Waals surface area contributed by atoms with Crippen molar-refractivity contribution in [3.8, 4) is 5.75 Å². The number of rotatable bonds is 6. The molecular weight excluding hydrogens is 224 g/mol. The second-order valence-electron chi connectivity index (χ2n) is 5.39. The Bertz CT molecular complexity index is 379. The molecule has 0 radical (unpaired) electrons. The van der Waals surface area contributed by atoms with Gasteiger partial charge in [-0.2, -0.15) is 0 Å². The molecule has 102 valence electrons. The van der Waals surface area contributed by atoms with Gasteiger partial charge in [-0.3, -0.25) is 0 Å². The first-order chi connectivity index (χ1) is 8.41. The summed E-state index contributed by atoms with van der Waals surface area (Å²) in [5, 5.41) is 10.2. The summed E-state index contributed by atoms with van der Waals surface area (Å²) in [4.78, 5) is 0. The predicted octanol–water partition coefficient (Wildman–Crippen LogP) is 4.05. The summed E-state index contributed by atoms with van der Waals surface area (Å²) in [5.74, 6) is 1.37. The van der Waals surface area contributed by atoms with Gasteiger partial charge in [0.05, 0.1) is 5.60 Å². The van der Waals surface area contributed by atoms with E-state index in [0.717, 1.165) is 5.75 Å². The minimum Gasteiger partial charge on any atom is -0.491 e. The smallest absolute Gasteiger partial charge is 0.119 e. The van der Waals surface area contributed by atoms with Crippen LogP contribution in [0.1, 0.15) is 57.6 Å². The molecule has 0 bridgehead atoms. The number of aliphatic hydroxyl groups is 1. The van der Waals surface area contributed by atoms with Crippen molar-refractivity contribution in [2.75, 3.05) is 6.61 Å². The molecule has 0 unspecified atom stereocenters. The highest BCUT2D eigenvalue weighted by Gasteiger charge is 2.23. The van der Waals surface area contributed by atoms with Crippen molar-refractivity contribution in [2.45, 2.75) is 59.0 Å². The lowest BCUT2D eigenvalue weighted by Gasteiger charge is -2.25. The van der Waals surface area contributed by atoms with Gasteiger partial charge < -0.3 is 9.84 Å². The van der Waals surface area contributed by atoms with E-state index < -0.39 is 5.60 Å².